The quantitative estimate of drug-likeness (QED) is 0.0386. The van der Waals surface area contributed by atoms with Gasteiger partial charge in [-0.1, -0.05) is 18.6 Å². The van der Waals surface area contributed by atoms with Gasteiger partial charge in [0.15, 0.2) is 0 Å². The van der Waals surface area contributed by atoms with Crippen molar-refractivity contribution >= 4 is 65.1 Å². The van der Waals surface area contributed by atoms with Crippen molar-refractivity contribution in [3.05, 3.63) is 29.8 Å². The number of unbranched alkanes of at least 4 members (excludes halogenated alkanes) is 1. The molecule has 2 saturated heterocycles. The molecule has 9 N–H and O–H groups in total. The van der Waals surface area contributed by atoms with Crippen LogP contribution in [0.1, 0.15) is 31.2 Å². The molecule has 1 aromatic rings. The van der Waals surface area contributed by atoms with E-state index in [-0.39, 0.29) is 102 Å². The standard InChI is InChI=1S/C33H47N7O13S.Tb/c41-25(4-2-1-3-24-32-23(19-54-24)36-33(53)37-32)34-12-26(42)35-21-7-5-20(6-8-21)11-22(40(17-30(49)50)18-31(51)52)13-38(14-27(43)44)9-10-39(15-28(45)46)16-29(47)48;/h5-8,22-24,32H,1-4,9-19H2,(H,34,41)(H,35,42)(H,43,44)(H,45,46)(H,47,48)(H,49,50)(H,51,52)(H2,36,37,53);. The monoisotopic (exact) mass is 940 g/mol. The van der Waals surface area contributed by atoms with Crippen molar-refractivity contribution in [3.63, 3.8) is 0 Å². The molecule has 2 aliphatic rings. The molecule has 307 valence electrons. The van der Waals surface area contributed by atoms with E-state index in [1.807, 2.05) is 0 Å². The first kappa shape index (κ1) is 47.4. The fourth-order valence-corrected chi connectivity index (χ4v) is 7.86. The Labute approximate surface area is 351 Å². The van der Waals surface area contributed by atoms with Gasteiger partial charge in [0.1, 0.15) is 0 Å². The number of amides is 4. The van der Waals surface area contributed by atoms with Crippen LogP contribution in [0.5, 0.6) is 0 Å². The van der Waals surface area contributed by atoms with Gasteiger partial charge in [0, 0.05) is 87.4 Å². The topological polar surface area (TPSA) is 296 Å². The van der Waals surface area contributed by atoms with E-state index in [9.17, 15) is 53.7 Å². The maximum Gasteiger partial charge on any atom is 0.317 e. The number of fused-ring (bicyclic) bond motifs is 1. The predicted octanol–water partition coefficient (Wildman–Crippen LogP) is -1.29. The molecule has 0 aromatic heterocycles. The fourth-order valence-electron chi connectivity index (χ4n) is 6.32. The number of urea groups is 1. The summed E-state index contributed by atoms with van der Waals surface area (Å²) < 4.78 is 0. The molecule has 0 aliphatic carbocycles. The molecule has 1 radical (unpaired) electrons. The zero-order valence-electron chi connectivity index (χ0n) is 29.8. The van der Waals surface area contributed by atoms with Gasteiger partial charge in [-0.3, -0.25) is 48.3 Å². The largest absolute Gasteiger partial charge is 0.480 e. The van der Waals surface area contributed by atoms with Crippen LogP contribution in [-0.2, 0) is 40.0 Å². The Morgan fingerprint density at radius 2 is 1.33 bits per heavy atom. The molecule has 2 heterocycles. The number of anilines is 1. The van der Waals surface area contributed by atoms with Crippen molar-refractivity contribution in [3.8, 4) is 0 Å². The van der Waals surface area contributed by atoms with Gasteiger partial charge in [0.25, 0.3) is 0 Å². The number of thioether (sulfide) groups is 1. The molecule has 55 heavy (non-hydrogen) atoms. The molecule has 2 aliphatic heterocycles. The number of benzene rings is 1. The van der Waals surface area contributed by atoms with Gasteiger partial charge in [-0.25, -0.2) is 4.79 Å². The SMILES string of the molecule is O=C(O)CN(CCN(CC(=O)O)CC(Cc1ccc(NC(=O)CNC(=O)CCCCC2SCC3NC(=O)NC32)cc1)N(CC(=O)O)CC(=O)O)CC(=O)O.[Tb]. The minimum absolute atomic E-state index is 0. The molecule has 0 bridgehead atoms. The number of aliphatic carboxylic acids is 5. The van der Waals surface area contributed by atoms with E-state index in [4.69, 9.17) is 10.2 Å². The molecular weight excluding hydrogens is 893 g/mol. The molecule has 1 aromatic carbocycles. The minimum Gasteiger partial charge on any atom is -0.480 e. The zero-order valence-corrected chi connectivity index (χ0v) is 32.8. The van der Waals surface area contributed by atoms with Crippen molar-refractivity contribution < 1.29 is 103 Å². The van der Waals surface area contributed by atoms with E-state index >= 15 is 0 Å². The number of carbonyl (C=O) groups is 8. The zero-order chi connectivity index (χ0) is 39.8. The summed E-state index contributed by atoms with van der Waals surface area (Å²) in [6.45, 7) is -3.95. The van der Waals surface area contributed by atoms with E-state index in [0.29, 0.717) is 22.9 Å². The van der Waals surface area contributed by atoms with Crippen LogP contribution < -0.4 is 21.3 Å². The van der Waals surface area contributed by atoms with Crippen LogP contribution >= 0.6 is 11.8 Å². The summed E-state index contributed by atoms with van der Waals surface area (Å²) in [4.78, 5) is 97.5. The van der Waals surface area contributed by atoms with Gasteiger partial charge < -0.3 is 46.8 Å². The van der Waals surface area contributed by atoms with Crippen molar-refractivity contribution in [2.45, 2.75) is 55.5 Å². The van der Waals surface area contributed by atoms with E-state index in [1.165, 1.54) is 4.90 Å². The van der Waals surface area contributed by atoms with Gasteiger partial charge in [0.05, 0.1) is 51.4 Å². The van der Waals surface area contributed by atoms with Crippen LogP contribution in [-0.4, -0.2) is 176 Å². The van der Waals surface area contributed by atoms with E-state index in [0.717, 1.165) is 28.4 Å². The Morgan fingerprint density at radius 1 is 0.764 bits per heavy atom. The van der Waals surface area contributed by atoms with Gasteiger partial charge >= 0.3 is 35.9 Å². The van der Waals surface area contributed by atoms with Gasteiger partial charge in [-0.15, -0.1) is 0 Å². The summed E-state index contributed by atoms with van der Waals surface area (Å²) in [5, 5.41) is 58.3. The van der Waals surface area contributed by atoms with Crippen LogP contribution in [0.2, 0.25) is 0 Å². The average Bonchev–Trinajstić information content (AvgIpc) is 3.62. The second-order valence-electron chi connectivity index (χ2n) is 13.1. The maximum absolute atomic E-state index is 12.5. The molecule has 4 amide bonds. The number of carboxylic acids is 5. The fraction of sp³-hybridized carbons (Fsp3) is 0.576. The van der Waals surface area contributed by atoms with Crippen LogP contribution in [0, 0.1) is 38.6 Å². The van der Waals surface area contributed by atoms with Crippen molar-refractivity contribution in [1.82, 2.24) is 30.7 Å². The maximum atomic E-state index is 12.5. The van der Waals surface area contributed by atoms with Crippen LogP contribution in [0.3, 0.4) is 0 Å². The first-order valence-electron chi connectivity index (χ1n) is 17.2. The number of hydrogen-bond acceptors (Lipinski definition) is 12. The van der Waals surface area contributed by atoms with E-state index < -0.39 is 74.5 Å². The summed E-state index contributed by atoms with van der Waals surface area (Å²) in [6.07, 6.45) is 2.57. The van der Waals surface area contributed by atoms with Crippen LogP contribution in [0.25, 0.3) is 0 Å². The third-order valence-corrected chi connectivity index (χ3v) is 10.2. The van der Waals surface area contributed by atoms with Crippen LogP contribution in [0.4, 0.5) is 10.5 Å². The number of carboxylic acid groups (broad SMARTS) is 5. The number of nitrogens with zero attached hydrogens (tertiary/aromatic N) is 3. The van der Waals surface area contributed by atoms with Crippen molar-refractivity contribution in [1.29, 1.82) is 0 Å². The van der Waals surface area contributed by atoms with Crippen molar-refractivity contribution in [2.75, 3.05) is 70.0 Å². The first-order valence-corrected chi connectivity index (χ1v) is 18.2. The summed E-state index contributed by atoms with van der Waals surface area (Å²) >= 11 is 1.80. The molecule has 3 rings (SSSR count). The second kappa shape index (κ2) is 24.0. The third kappa shape index (κ3) is 18.2. The molecule has 4 unspecified atom stereocenters. The normalized spacial score (nSPS) is 17.8. The number of hydrogen-bond donors (Lipinski definition) is 9. The van der Waals surface area contributed by atoms with E-state index in [1.54, 1.807) is 36.0 Å². The molecule has 20 nitrogen and oxygen atoms in total. The molecular formula is C33H47N7O13STb. The Kier molecular flexibility index (Phi) is 20.7. The van der Waals surface area contributed by atoms with Crippen molar-refractivity contribution in [2.24, 2.45) is 0 Å². The number of nitrogens with one attached hydrogen (secondary N) is 4. The average molecular weight is 941 g/mol. The Morgan fingerprint density at radius 3 is 1.91 bits per heavy atom. The summed E-state index contributed by atoms with van der Waals surface area (Å²) in [5.74, 6) is -6.42. The Bertz CT molecular complexity index is 1490. The summed E-state index contributed by atoms with van der Waals surface area (Å²) in [5.41, 5.74) is 0.964. The predicted molar refractivity (Wildman–Crippen MR) is 192 cm³/mol. The molecule has 22 heteroatoms. The minimum atomic E-state index is -1.33. The van der Waals surface area contributed by atoms with Crippen LogP contribution in [0.15, 0.2) is 24.3 Å². The van der Waals surface area contributed by atoms with Gasteiger partial charge in [-0.2, -0.15) is 11.8 Å². The smallest absolute Gasteiger partial charge is 0.317 e. The van der Waals surface area contributed by atoms with E-state index in [2.05, 4.69) is 21.3 Å². The summed E-state index contributed by atoms with van der Waals surface area (Å²) in [6, 6.07) is 5.55. The van der Waals surface area contributed by atoms with Gasteiger partial charge in [0.2, 0.25) is 11.8 Å². The molecule has 4 atom stereocenters. The number of carbonyl (C=O) groups excluding carboxylic acids is 3. The second-order valence-corrected chi connectivity index (χ2v) is 14.3. The van der Waals surface area contributed by atoms with Gasteiger partial charge in [-0.05, 0) is 37.0 Å². The Balaban J connectivity index is 0.0000105. The molecule has 0 saturated carbocycles. The molecule has 0 spiro atoms. The number of rotatable bonds is 26. The Hall–Kier alpha value is -3.70. The third-order valence-electron chi connectivity index (χ3n) is 8.71. The summed E-state index contributed by atoms with van der Waals surface area (Å²) in [7, 11) is 0. The first-order chi connectivity index (χ1) is 25.6. The molecule has 2 fully saturated rings.